The van der Waals surface area contributed by atoms with Gasteiger partial charge in [0, 0.05) is 16.5 Å². The number of thiazole rings is 1. The minimum Gasteiger partial charge on any atom is -0.493 e. The molecular formula is C22H20N2O2S. The van der Waals surface area contributed by atoms with Crippen LogP contribution >= 0.6 is 11.3 Å². The molecule has 0 unspecified atom stereocenters. The van der Waals surface area contributed by atoms with Gasteiger partial charge in [0.05, 0.1) is 12.3 Å². The monoisotopic (exact) mass is 376 g/mol. The molecule has 0 saturated heterocycles. The molecule has 0 aliphatic heterocycles. The van der Waals surface area contributed by atoms with E-state index in [1.807, 2.05) is 47.0 Å². The predicted octanol–water partition coefficient (Wildman–Crippen LogP) is 5.56. The van der Waals surface area contributed by atoms with E-state index in [0.717, 1.165) is 39.5 Å². The molecule has 4 nitrogen and oxygen atoms in total. The molecule has 0 saturated carbocycles. The molecule has 2 aromatic heterocycles. The van der Waals surface area contributed by atoms with Crippen molar-refractivity contribution in [1.82, 2.24) is 9.38 Å². The lowest BCUT2D eigenvalue weighted by Gasteiger charge is -2.10. The normalized spacial score (nSPS) is 11.1. The van der Waals surface area contributed by atoms with Crippen LogP contribution in [0.15, 0.2) is 47.8 Å². The third-order valence-electron chi connectivity index (χ3n) is 4.75. The smallest absolute Gasteiger partial charge is 0.195 e. The third kappa shape index (κ3) is 2.94. The van der Waals surface area contributed by atoms with Gasteiger partial charge in [0.25, 0.3) is 0 Å². The summed E-state index contributed by atoms with van der Waals surface area (Å²) >= 11 is 1.53. The number of carbonyl (C=O) groups is 1. The second kappa shape index (κ2) is 7.00. The zero-order valence-electron chi connectivity index (χ0n) is 15.5. The number of ether oxygens (including phenoxy) is 1. The molecule has 136 valence electrons. The first-order valence-electron chi connectivity index (χ1n) is 8.89. The van der Waals surface area contributed by atoms with Gasteiger partial charge in [0.1, 0.15) is 17.1 Å². The van der Waals surface area contributed by atoms with Gasteiger partial charge in [0.2, 0.25) is 0 Å². The number of rotatable bonds is 5. The highest BCUT2D eigenvalue weighted by molar-refractivity contribution is 7.15. The lowest BCUT2D eigenvalue weighted by molar-refractivity contribution is 0.111. The van der Waals surface area contributed by atoms with E-state index in [2.05, 4.69) is 26.0 Å². The van der Waals surface area contributed by atoms with E-state index < -0.39 is 0 Å². The van der Waals surface area contributed by atoms with E-state index in [0.29, 0.717) is 12.3 Å². The quantitative estimate of drug-likeness (QED) is 0.428. The van der Waals surface area contributed by atoms with Crippen molar-refractivity contribution in [2.24, 2.45) is 0 Å². The zero-order valence-corrected chi connectivity index (χ0v) is 16.3. The average Bonchev–Trinajstić information content (AvgIpc) is 3.24. The van der Waals surface area contributed by atoms with Crippen LogP contribution in [0.2, 0.25) is 0 Å². The molecule has 0 amide bonds. The van der Waals surface area contributed by atoms with Crippen LogP contribution in [-0.4, -0.2) is 22.3 Å². The van der Waals surface area contributed by atoms with E-state index in [4.69, 9.17) is 9.72 Å². The van der Waals surface area contributed by atoms with Crippen LogP contribution in [-0.2, 0) is 0 Å². The van der Waals surface area contributed by atoms with Crippen molar-refractivity contribution in [2.75, 3.05) is 6.61 Å². The van der Waals surface area contributed by atoms with E-state index in [1.165, 1.54) is 22.5 Å². The number of imidazole rings is 1. The fourth-order valence-electron chi connectivity index (χ4n) is 3.24. The highest BCUT2D eigenvalue weighted by Gasteiger charge is 2.20. The molecule has 0 bridgehead atoms. The fourth-order valence-corrected chi connectivity index (χ4v) is 4.13. The van der Waals surface area contributed by atoms with Crippen molar-refractivity contribution < 1.29 is 9.53 Å². The number of fused-ring (bicyclic) bond motifs is 1. The first kappa shape index (κ1) is 17.5. The van der Waals surface area contributed by atoms with Gasteiger partial charge in [-0.05, 0) is 50.1 Å². The molecule has 0 radical (unpaired) electrons. The Morgan fingerprint density at radius 2 is 1.96 bits per heavy atom. The molecule has 0 aliphatic carbocycles. The van der Waals surface area contributed by atoms with Crippen LogP contribution in [0.1, 0.15) is 28.5 Å². The van der Waals surface area contributed by atoms with Gasteiger partial charge >= 0.3 is 0 Å². The van der Waals surface area contributed by atoms with Crippen LogP contribution in [0.4, 0.5) is 0 Å². The number of para-hydroxylation sites is 1. The Morgan fingerprint density at radius 1 is 1.15 bits per heavy atom. The van der Waals surface area contributed by atoms with E-state index in [1.54, 1.807) is 0 Å². The Bertz CT molecular complexity index is 1140. The molecule has 0 spiro atoms. The Balaban J connectivity index is 1.95. The van der Waals surface area contributed by atoms with Crippen LogP contribution in [0.3, 0.4) is 0 Å². The minimum absolute atomic E-state index is 0.566. The Hall–Kier alpha value is -2.92. The summed E-state index contributed by atoms with van der Waals surface area (Å²) in [5, 5.41) is 2.03. The Morgan fingerprint density at radius 3 is 2.70 bits per heavy atom. The van der Waals surface area contributed by atoms with Gasteiger partial charge in [-0.1, -0.05) is 24.3 Å². The number of aromatic nitrogens is 2. The number of benzene rings is 2. The molecule has 2 heterocycles. The summed E-state index contributed by atoms with van der Waals surface area (Å²) in [7, 11) is 0. The van der Waals surface area contributed by atoms with Gasteiger partial charge < -0.3 is 4.74 Å². The zero-order chi connectivity index (χ0) is 19.0. The minimum atomic E-state index is 0.566. The first-order valence-corrected chi connectivity index (χ1v) is 9.77. The number of carbonyl (C=O) groups excluding carboxylic acids is 1. The molecule has 2 aromatic carbocycles. The summed E-state index contributed by atoms with van der Waals surface area (Å²) in [6, 6.07) is 14.1. The second-order valence-corrected chi connectivity index (χ2v) is 7.27. The van der Waals surface area contributed by atoms with Crippen molar-refractivity contribution >= 4 is 22.6 Å². The highest BCUT2D eigenvalue weighted by atomic mass is 32.1. The molecule has 5 heteroatoms. The maximum absolute atomic E-state index is 12.0. The molecule has 4 aromatic rings. The first-order chi connectivity index (χ1) is 13.1. The van der Waals surface area contributed by atoms with Crippen LogP contribution in [0.5, 0.6) is 5.75 Å². The number of nitrogens with zero attached hydrogens (tertiary/aromatic N) is 2. The molecule has 0 atom stereocenters. The number of aldehydes is 1. The summed E-state index contributed by atoms with van der Waals surface area (Å²) in [5.74, 6) is 0.804. The highest BCUT2D eigenvalue weighted by Crippen LogP contribution is 2.36. The van der Waals surface area contributed by atoms with Gasteiger partial charge in [-0.15, -0.1) is 11.3 Å². The maximum Gasteiger partial charge on any atom is 0.195 e. The average molecular weight is 376 g/mol. The predicted molar refractivity (Wildman–Crippen MR) is 110 cm³/mol. The van der Waals surface area contributed by atoms with Gasteiger partial charge in [-0.2, -0.15) is 0 Å². The topological polar surface area (TPSA) is 43.6 Å². The Labute approximate surface area is 162 Å². The summed E-state index contributed by atoms with van der Waals surface area (Å²) in [6.07, 6.45) is 0.893. The van der Waals surface area contributed by atoms with Gasteiger partial charge in [-0.25, -0.2) is 4.98 Å². The van der Waals surface area contributed by atoms with Crippen LogP contribution in [0.25, 0.3) is 27.5 Å². The summed E-state index contributed by atoms with van der Waals surface area (Å²) in [5.41, 5.74) is 6.52. The molecule has 0 fully saturated rings. The van der Waals surface area contributed by atoms with E-state index in [-0.39, 0.29) is 0 Å². The summed E-state index contributed by atoms with van der Waals surface area (Å²) in [6.45, 7) is 6.70. The summed E-state index contributed by atoms with van der Waals surface area (Å²) < 4.78 is 7.72. The molecule has 0 aliphatic rings. The van der Waals surface area contributed by atoms with Crippen LogP contribution in [0, 0.1) is 13.8 Å². The number of hydrogen-bond donors (Lipinski definition) is 0. The maximum atomic E-state index is 12.0. The van der Waals surface area contributed by atoms with E-state index >= 15 is 0 Å². The third-order valence-corrected chi connectivity index (χ3v) is 5.58. The van der Waals surface area contributed by atoms with Crippen molar-refractivity contribution in [3.8, 4) is 28.3 Å². The van der Waals surface area contributed by atoms with Crippen molar-refractivity contribution in [3.63, 3.8) is 0 Å². The van der Waals surface area contributed by atoms with Gasteiger partial charge in [-0.3, -0.25) is 9.20 Å². The van der Waals surface area contributed by atoms with Gasteiger partial charge in [0.15, 0.2) is 11.2 Å². The van der Waals surface area contributed by atoms with Crippen molar-refractivity contribution in [3.05, 3.63) is 64.7 Å². The molecule has 0 N–H and O–H groups in total. The van der Waals surface area contributed by atoms with E-state index in [9.17, 15) is 4.79 Å². The lowest BCUT2D eigenvalue weighted by atomic mass is 10.0. The summed E-state index contributed by atoms with van der Waals surface area (Å²) in [4.78, 5) is 17.6. The Kier molecular flexibility index (Phi) is 4.54. The molecule has 27 heavy (non-hydrogen) atoms. The molecule has 4 rings (SSSR count). The van der Waals surface area contributed by atoms with Crippen molar-refractivity contribution in [1.29, 1.82) is 0 Å². The largest absolute Gasteiger partial charge is 0.493 e. The van der Waals surface area contributed by atoms with Crippen molar-refractivity contribution in [2.45, 2.75) is 20.8 Å². The standard InChI is InChI=1S/C22H20N2O2S/c1-4-26-20-8-6-5-7-17(20)19-13-27-22-23-21(18(12-25)24(19)22)16-10-9-14(2)15(3)11-16/h5-13H,4H2,1-3H3. The number of hydrogen-bond acceptors (Lipinski definition) is 4. The fraction of sp³-hybridized carbons (Fsp3) is 0.182. The number of aryl methyl sites for hydroxylation is 2. The molecular weight excluding hydrogens is 356 g/mol. The second-order valence-electron chi connectivity index (χ2n) is 6.43. The SMILES string of the molecule is CCOc1ccccc1-c1csc2nc(-c3ccc(C)c(C)c3)c(C=O)n12. The van der Waals surface area contributed by atoms with Crippen LogP contribution < -0.4 is 4.74 Å². The lowest BCUT2D eigenvalue weighted by Crippen LogP contribution is -1.98.